The molecule has 2 N–H and O–H groups in total. The van der Waals surface area contributed by atoms with Crippen LogP contribution in [0.4, 0.5) is 0 Å². The van der Waals surface area contributed by atoms with E-state index in [1.807, 2.05) is 13.8 Å². The van der Waals surface area contributed by atoms with Crippen molar-refractivity contribution in [2.45, 2.75) is 39.2 Å². The fourth-order valence-electron chi connectivity index (χ4n) is 2.71. The summed E-state index contributed by atoms with van der Waals surface area (Å²) in [5.74, 6) is -1.02. The molecule has 1 aliphatic heterocycles. The second kappa shape index (κ2) is 6.11. The van der Waals surface area contributed by atoms with Crippen molar-refractivity contribution in [2.24, 2.45) is 5.92 Å². The molecule has 1 saturated heterocycles. The first kappa shape index (κ1) is 15.3. The predicted molar refractivity (Wildman–Crippen MR) is 77.3 cm³/mol. The van der Waals surface area contributed by atoms with Crippen molar-refractivity contribution in [1.82, 2.24) is 9.88 Å². The summed E-state index contributed by atoms with van der Waals surface area (Å²) in [4.78, 5) is 39.4. The van der Waals surface area contributed by atoms with Crippen LogP contribution in [-0.2, 0) is 11.2 Å². The average molecular weight is 292 g/mol. The van der Waals surface area contributed by atoms with E-state index >= 15 is 0 Å². The van der Waals surface area contributed by atoms with E-state index in [9.17, 15) is 14.4 Å². The van der Waals surface area contributed by atoms with Gasteiger partial charge in [0.15, 0.2) is 0 Å². The number of rotatable bonds is 4. The van der Waals surface area contributed by atoms with Crippen molar-refractivity contribution >= 4 is 11.9 Å². The van der Waals surface area contributed by atoms with Crippen molar-refractivity contribution in [3.8, 4) is 0 Å². The van der Waals surface area contributed by atoms with Crippen molar-refractivity contribution in [3.63, 3.8) is 0 Å². The number of aromatic amines is 1. The molecule has 114 valence electrons. The molecule has 0 saturated carbocycles. The van der Waals surface area contributed by atoms with Gasteiger partial charge in [-0.1, -0.05) is 13.8 Å². The van der Waals surface area contributed by atoms with Gasteiger partial charge in [-0.25, -0.2) is 4.79 Å². The van der Waals surface area contributed by atoms with Crippen LogP contribution in [0, 0.1) is 5.92 Å². The highest BCUT2D eigenvalue weighted by Crippen LogP contribution is 2.20. The maximum Gasteiger partial charge on any atom is 0.326 e. The van der Waals surface area contributed by atoms with E-state index in [-0.39, 0.29) is 17.0 Å². The van der Waals surface area contributed by atoms with Gasteiger partial charge in [0.1, 0.15) is 6.04 Å². The lowest BCUT2D eigenvalue weighted by molar-refractivity contribution is -0.141. The highest BCUT2D eigenvalue weighted by molar-refractivity contribution is 5.96. The summed E-state index contributed by atoms with van der Waals surface area (Å²) in [5.41, 5.74) is 0.636. The summed E-state index contributed by atoms with van der Waals surface area (Å²) < 4.78 is 0. The zero-order valence-electron chi connectivity index (χ0n) is 12.3. The molecule has 0 aliphatic carbocycles. The van der Waals surface area contributed by atoms with Crippen LogP contribution in [0.25, 0.3) is 0 Å². The number of nitrogens with zero attached hydrogens (tertiary/aromatic N) is 1. The number of hydrogen-bond acceptors (Lipinski definition) is 3. The second-order valence-corrected chi connectivity index (χ2v) is 5.85. The number of aromatic nitrogens is 1. The van der Waals surface area contributed by atoms with Gasteiger partial charge in [-0.3, -0.25) is 9.59 Å². The summed E-state index contributed by atoms with van der Waals surface area (Å²) in [6.45, 7) is 4.46. The van der Waals surface area contributed by atoms with Crippen LogP contribution in [-0.4, -0.2) is 39.5 Å². The molecule has 0 radical (unpaired) electrons. The number of H-pyrrole nitrogens is 1. The van der Waals surface area contributed by atoms with Crippen LogP contribution in [0.3, 0.4) is 0 Å². The van der Waals surface area contributed by atoms with Gasteiger partial charge >= 0.3 is 5.97 Å². The Labute approximate surface area is 122 Å². The van der Waals surface area contributed by atoms with Crippen LogP contribution in [0.5, 0.6) is 0 Å². The SMILES string of the molecule is CC(C)Cc1cc(C(=O)N2CCC[C@H]2C(=O)O)cc(=O)[nH]1. The fraction of sp³-hybridized carbons (Fsp3) is 0.533. The van der Waals surface area contributed by atoms with E-state index in [0.29, 0.717) is 37.4 Å². The molecule has 6 nitrogen and oxygen atoms in total. The average Bonchev–Trinajstić information content (AvgIpc) is 2.85. The smallest absolute Gasteiger partial charge is 0.326 e. The third-order valence-electron chi connectivity index (χ3n) is 3.57. The summed E-state index contributed by atoms with van der Waals surface area (Å²) in [7, 11) is 0. The summed E-state index contributed by atoms with van der Waals surface area (Å²) in [6, 6.07) is 2.11. The van der Waals surface area contributed by atoms with Crippen LogP contribution in [0.15, 0.2) is 16.9 Å². The zero-order chi connectivity index (χ0) is 15.6. The Balaban J connectivity index is 2.28. The van der Waals surface area contributed by atoms with E-state index in [2.05, 4.69) is 4.98 Å². The van der Waals surface area contributed by atoms with Gasteiger partial charge in [0.25, 0.3) is 5.91 Å². The van der Waals surface area contributed by atoms with Crippen molar-refractivity contribution in [3.05, 3.63) is 33.7 Å². The molecule has 0 spiro atoms. The predicted octanol–water partition coefficient (Wildman–Crippen LogP) is 1.26. The summed E-state index contributed by atoms with van der Waals surface area (Å²) in [5, 5.41) is 9.15. The molecule has 21 heavy (non-hydrogen) atoms. The number of carbonyl (C=O) groups excluding carboxylic acids is 1. The Morgan fingerprint density at radius 3 is 2.76 bits per heavy atom. The standard InChI is InChI=1S/C15H20N2O4/c1-9(2)6-11-7-10(8-13(18)16-11)14(19)17-5-3-4-12(17)15(20)21/h7-9,12H,3-6H2,1-2H3,(H,16,18)(H,20,21)/t12-/m0/s1. The van der Waals surface area contributed by atoms with E-state index in [4.69, 9.17) is 5.11 Å². The Bertz CT molecular complexity index is 606. The number of pyridine rings is 1. The first-order valence-corrected chi connectivity index (χ1v) is 7.15. The largest absolute Gasteiger partial charge is 0.480 e. The molecule has 1 amide bonds. The third-order valence-corrected chi connectivity index (χ3v) is 3.57. The van der Waals surface area contributed by atoms with Gasteiger partial charge in [0.05, 0.1) is 0 Å². The minimum absolute atomic E-state index is 0.266. The lowest BCUT2D eigenvalue weighted by Gasteiger charge is -2.21. The number of nitrogens with one attached hydrogen (secondary N) is 1. The molecule has 2 heterocycles. The molecule has 1 atom stereocenters. The molecule has 6 heteroatoms. The van der Waals surface area contributed by atoms with Crippen LogP contribution >= 0.6 is 0 Å². The first-order chi connectivity index (χ1) is 9.88. The van der Waals surface area contributed by atoms with Gasteiger partial charge in [0.2, 0.25) is 5.56 Å². The second-order valence-electron chi connectivity index (χ2n) is 5.85. The third kappa shape index (κ3) is 3.51. The molecule has 0 aromatic carbocycles. The molecular formula is C15H20N2O4. The Kier molecular flexibility index (Phi) is 4.45. The lowest BCUT2D eigenvalue weighted by Crippen LogP contribution is -2.40. The van der Waals surface area contributed by atoms with Gasteiger partial charge in [-0.2, -0.15) is 0 Å². The highest BCUT2D eigenvalue weighted by atomic mass is 16.4. The normalized spacial score (nSPS) is 18.2. The van der Waals surface area contributed by atoms with Crippen LogP contribution in [0.2, 0.25) is 0 Å². The summed E-state index contributed by atoms with van der Waals surface area (Å²) in [6.07, 6.45) is 1.80. The monoisotopic (exact) mass is 292 g/mol. The molecule has 1 fully saturated rings. The van der Waals surface area contributed by atoms with Crippen molar-refractivity contribution < 1.29 is 14.7 Å². The number of carbonyl (C=O) groups is 2. The van der Waals surface area contributed by atoms with Crippen molar-refractivity contribution in [1.29, 1.82) is 0 Å². The van der Waals surface area contributed by atoms with E-state index in [1.165, 1.54) is 11.0 Å². The zero-order valence-corrected chi connectivity index (χ0v) is 12.3. The van der Waals surface area contributed by atoms with Gasteiger partial charge < -0.3 is 15.0 Å². The quantitative estimate of drug-likeness (QED) is 0.874. The Morgan fingerprint density at radius 2 is 2.14 bits per heavy atom. The number of carboxylic acid groups (broad SMARTS) is 1. The lowest BCUT2D eigenvalue weighted by atomic mass is 10.1. The fourth-order valence-corrected chi connectivity index (χ4v) is 2.71. The molecule has 2 rings (SSSR count). The minimum Gasteiger partial charge on any atom is -0.480 e. The minimum atomic E-state index is -0.993. The summed E-state index contributed by atoms with van der Waals surface area (Å²) >= 11 is 0. The maximum absolute atomic E-state index is 12.5. The van der Waals surface area contributed by atoms with E-state index < -0.39 is 12.0 Å². The molecule has 1 aromatic rings. The highest BCUT2D eigenvalue weighted by Gasteiger charge is 2.34. The van der Waals surface area contributed by atoms with Gasteiger partial charge in [-0.15, -0.1) is 0 Å². The van der Waals surface area contributed by atoms with E-state index in [0.717, 1.165) is 0 Å². The maximum atomic E-state index is 12.5. The number of amides is 1. The molecule has 1 aromatic heterocycles. The molecular weight excluding hydrogens is 272 g/mol. The number of likely N-dealkylation sites (tertiary alicyclic amines) is 1. The van der Waals surface area contributed by atoms with Gasteiger partial charge in [-0.05, 0) is 31.2 Å². The van der Waals surface area contributed by atoms with Crippen molar-refractivity contribution in [2.75, 3.05) is 6.54 Å². The van der Waals surface area contributed by atoms with Crippen LogP contribution in [0.1, 0.15) is 42.7 Å². The molecule has 0 unspecified atom stereocenters. The van der Waals surface area contributed by atoms with Gasteiger partial charge in [0, 0.05) is 23.9 Å². The Hall–Kier alpha value is -2.11. The number of hydrogen-bond donors (Lipinski definition) is 2. The van der Waals surface area contributed by atoms with E-state index in [1.54, 1.807) is 6.07 Å². The topological polar surface area (TPSA) is 90.5 Å². The Morgan fingerprint density at radius 1 is 1.43 bits per heavy atom. The molecule has 0 bridgehead atoms. The number of carboxylic acids is 1. The molecule has 1 aliphatic rings. The van der Waals surface area contributed by atoms with Crippen LogP contribution < -0.4 is 5.56 Å². The first-order valence-electron chi connectivity index (χ1n) is 7.15. The number of aliphatic carboxylic acids is 1.